The maximum atomic E-state index is 13.5. The Bertz CT molecular complexity index is 1240. The number of amides is 1. The number of sulfonamides is 1. The van der Waals surface area contributed by atoms with Crippen molar-refractivity contribution in [2.75, 3.05) is 17.5 Å². The van der Waals surface area contributed by atoms with Crippen LogP contribution in [0.1, 0.15) is 36.9 Å². The first kappa shape index (κ1) is 23.8. The molecule has 0 saturated heterocycles. The van der Waals surface area contributed by atoms with Gasteiger partial charge in [0.25, 0.3) is 10.0 Å². The van der Waals surface area contributed by atoms with Crippen molar-refractivity contribution in [1.82, 2.24) is 5.32 Å². The molecule has 0 bridgehead atoms. The number of hydrogen-bond acceptors (Lipinski definition) is 4. The first-order chi connectivity index (χ1) is 16.4. The third-order valence-electron chi connectivity index (χ3n) is 5.83. The van der Waals surface area contributed by atoms with E-state index in [9.17, 15) is 17.6 Å². The second-order valence-corrected chi connectivity index (χ2v) is 9.97. The first-order valence-electron chi connectivity index (χ1n) is 11.3. The smallest absolute Gasteiger partial charge is 0.264 e. The van der Waals surface area contributed by atoms with Crippen LogP contribution in [-0.2, 0) is 21.2 Å². The second-order valence-electron chi connectivity index (χ2n) is 8.10. The van der Waals surface area contributed by atoms with Gasteiger partial charge in [-0.25, -0.2) is 12.8 Å². The molecule has 0 saturated carbocycles. The minimum absolute atomic E-state index is 0.0985. The standard InChI is InChI=1S/C26H27FN2O4S/c1-2-33-22-14-12-21(13-15-22)29(34(31,32)23-16-10-20(27)11-17-23)18-26(30)28-25-9-5-7-19-6-3-4-8-24(19)25/h3-4,6,8,10-17,25H,2,5,7,9,18H2,1H3,(H,28,30). The molecular weight excluding hydrogens is 455 g/mol. The lowest BCUT2D eigenvalue weighted by atomic mass is 9.88. The SMILES string of the molecule is CCOc1ccc(N(CC(=O)NC2CCCc3ccccc32)S(=O)(=O)c2ccc(F)cc2)cc1. The van der Waals surface area contributed by atoms with Crippen molar-refractivity contribution in [3.8, 4) is 5.75 Å². The maximum absolute atomic E-state index is 13.5. The third-order valence-corrected chi connectivity index (χ3v) is 7.62. The van der Waals surface area contributed by atoms with Crippen LogP contribution in [0.15, 0.2) is 77.7 Å². The molecule has 34 heavy (non-hydrogen) atoms. The van der Waals surface area contributed by atoms with Crippen molar-refractivity contribution < 1.29 is 22.3 Å². The van der Waals surface area contributed by atoms with E-state index in [0.717, 1.165) is 41.3 Å². The number of fused-ring (bicyclic) bond motifs is 1. The van der Waals surface area contributed by atoms with Gasteiger partial charge in [0.2, 0.25) is 5.91 Å². The van der Waals surface area contributed by atoms with E-state index in [1.807, 2.05) is 25.1 Å². The zero-order valence-corrected chi connectivity index (χ0v) is 19.7. The van der Waals surface area contributed by atoms with Gasteiger partial charge in [0.15, 0.2) is 0 Å². The Kier molecular flexibility index (Phi) is 7.17. The quantitative estimate of drug-likeness (QED) is 0.509. The number of rotatable bonds is 8. The molecule has 1 aliphatic rings. The molecule has 1 aliphatic carbocycles. The van der Waals surface area contributed by atoms with Gasteiger partial charge in [0.1, 0.15) is 18.1 Å². The molecule has 1 atom stereocenters. The Labute approximate surface area is 199 Å². The van der Waals surface area contributed by atoms with Crippen LogP contribution in [0.5, 0.6) is 5.75 Å². The second kappa shape index (κ2) is 10.3. The van der Waals surface area contributed by atoms with Crippen molar-refractivity contribution in [2.45, 2.75) is 37.1 Å². The summed E-state index contributed by atoms with van der Waals surface area (Å²) in [6.45, 7) is 1.92. The summed E-state index contributed by atoms with van der Waals surface area (Å²) in [5.74, 6) is -0.366. The van der Waals surface area contributed by atoms with E-state index in [0.29, 0.717) is 18.0 Å². The number of benzene rings is 3. The summed E-state index contributed by atoms with van der Waals surface area (Å²) in [7, 11) is -4.13. The fourth-order valence-corrected chi connectivity index (χ4v) is 5.62. The number of ether oxygens (including phenoxy) is 1. The maximum Gasteiger partial charge on any atom is 0.264 e. The van der Waals surface area contributed by atoms with E-state index in [2.05, 4.69) is 11.4 Å². The number of halogens is 1. The van der Waals surface area contributed by atoms with Gasteiger partial charge < -0.3 is 10.1 Å². The monoisotopic (exact) mass is 482 g/mol. The molecule has 0 heterocycles. The Morgan fingerprint density at radius 2 is 1.76 bits per heavy atom. The topological polar surface area (TPSA) is 75.7 Å². The normalized spacial score (nSPS) is 15.3. The summed E-state index contributed by atoms with van der Waals surface area (Å²) in [5.41, 5.74) is 2.57. The van der Waals surface area contributed by atoms with E-state index in [1.54, 1.807) is 24.3 Å². The summed E-state index contributed by atoms with van der Waals surface area (Å²) >= 11 is 0. The molecule has 1 N–H and O–H groups in total. The van der Waals surface area contributed by atoms with Crippen molar-refractivity contribution in [2.24, 2.45) is 0 Å². The first-order valence-corrected chi connectivity index (χ1v) is 12.7. The number of nitrogens with one attached hydrogen (secondary N) is 1. The molecule has 0 spiro atoms. The summed E-state index contributed by atoms with van der Waals surface area (Å²) in [6.07, 6.45) is 2.69. The molecule has 3 aromatic carbocycles. The van der Waals surface area contributed by atoms with Gasteiger partial charge in [-0.1, -0.05) is 24.3 Å². The van der Waals surface area contributed by atoms with E-state index in [1.165, 1.54) is 17.7 Å². The van der Waals surface area contributed by atoms with Gasteiger partial charge in [0.05, 0.1) is 23.2 Å². The van der Waals surface area contributed by atoms with E-state index in [-0.39, 0.29) is 10.9 Å². The number of nitrogens with zero attached hydrogens (tertiary/aromatic N) is 1. The van der Waals surface area contributed by atoms with Crippen LogP contribution < -0.4 is 14.4 Å². The molecule has 178 valence electrons. The number of carbonyl (C=O) groups excluding carboxylic acids is 1. The van der Waals surface area contributed by atoms with Crippen LogP contribution in [-0.4, -0.2) is 27.5 Å². The lowest BCUT2D eigenvalue weighted by Crippen LogP contribution is -2.42. The van der Waals surface area contributed by atoms with Gasteiger partial charge in [-0.3, -0.25) is 9.10 Å². The number of hydrogen-bond donors (Lipinski definition) is 1. The zero-order chi connectivity index (χ0) is 24.1. The number of carbonyl (C=O) groups is 1. The van der Waals surface area contributed by atoms with Gasteiger partial charge in [-0.15, -0.1) is 0 Å². The van der Waals surface area contributed by atoms with Crippen LogP contribution in [0.2, 0.25) is 0 Å². The zero-order valence-electron chi connectivity index (χ0n) is 18.9. The Morgan fingerprint density at radius 1 is 1.06 bits per heavy atom. The van der Waals surface area contributed by atoms with E-state index in [4.69, 9.17) is 4.74 Å². The summed E-state index contributed by atoms with van der Waals surface area (Å²) in [6, 6.07) is 18.9. The Balaban J connectivity index is 1.62. The molecule has 3 aromatic rings. The van der Waals surface area contributed by atoms with Crippen LogP contribution in [0.4, 0.5) is 10.1 Å². The molecule has 4 rings (SSSR count). The molecule has 6 nitrogen and oxygen atoms in total. The fourth-order valence-electron chi connectivity index (χ4n) is 4.20. The largest absolute Gasteiger partial charge is 0.494 e. The number of aryl methyl sites for hydroxylation is 1. The predicted molar refractivity (Wildman–Crippen MR) is 129 cm³/mol. The Hall–Kier alpha value is -3.39. The van der Waals surface area contributed by atoms with Crippen LogP contribution in [0, 0.1) is 5.82 Å². The van der Waals surface area contributed by atoms with Crippen molar-refractivity contribution in [3.05, 3.63) is 89.7 Å². The van der Waals surface area contributed by atoms with E-state index < -0.39 is 28.3 Å². The highest BCUT2D eigenvalue weighted by Gasteiger charge is 2.29. The fraction of sp³-hybridized carbons (Fsp3) is 0.269. The molecular formula is C26H27FN2O4S. The van der Waals surface area contributed by atoms with Gasteiger partial charge >= 0.3 is 0 Å². The molecule has 8 heteroatoms. The minimum Gasteiger partial charge on any atom is -0.494 e. The molecule has 0 fully saturated rings. The number of anilines is 1. The highest BCUT2D eigenvalue weighted by molar-refractivity contribution is 7.92. The minimum atomic E-state index is -4.13. The third kappa shape index (κ3) is 5.22. The van der Waals surface area contributed by atoms with Crippen LogP contribution in [0.25, 0.3) is 0 Å². The summed E-state index contributed by atoms with van der Waals surface area (Å²) in [5, 5.41) is 3.01. The van der Waals surface area contributed by atoms with Gasteiger partial charge in [0, 0.05) is 0 Å². The molecule has 0 aromatic heterocycles. The van der Waals surface area contributed by atoms with Crippen molar-refractivity contribution in [1.29, 1.82) is 0 Å². The van der Waals surface area contributed by atoms with Crippen molar-refractivity contribution in [3.63, 3.8) is 0 Å². The Morgan fingerprint density at radius 3 is 2.47 bits per heavy atom. The van der Waals surface area contributed by atoms with Gasteiger partial charge in [-0.2, -0.15) is 0 Å². The van der Waals surface area contributed by atoms with Crippen molar-refractivity contribution >= 4 is 21.6 Å². The summed E-state index contributed by atoms with van der Waals surface area (Å²) in [4.78, 5) is 13.0. The highest BCUT2D eigenvalue weighted by Crippen LogP contribution is 2.30. The molecule has 0 aliphatic heterocycles. The average molecular weight is 483 g/mol. The summed E-state index contributed by atoms with van der Waals surface area (Å²) < 4.78 is 46.9. The molecule has 1 unspecified atom stereocenters. The van der Waals surface area contributed by atoms with E-state index >= 15 is 0 Å². The lowest BCUT2D eigenvalue weighted by Gasteiger charge is -2.29. The van der Waals surface area contributed by atoms with Crippen LogP contribution in [0.3, 0.4) is 0 Å². The average Bonchev–Trinajstić information content (AvgIpc) is 2.84. The van der Waals surface area contributed by atoms with Gasteiger partial charge in [-0.05, 0) is 85.8 Å². The highest BCUT2D eigenvalue weighted by atomic mass is 32.2. The molecule has 1 amide bonds. The van der Waals surface area contributed by atoms with Crippen LogP contribution >= 0.6 is 0 Å². The predicted octanol–water partition coefficient (Wildman–Crippen LogP) is 4.61. The molecule has 0 radical (unpaired) electrons. The lowest BCUT2D eigenvalue weighted by molar-refractivity contribution is -0.120.